The van der Waals surface area contributed by atoms with E-state index in [1.54, 1.807) is 0 Å². The van der Waals surface area contributed by atoms with Crippen molar-refractivity contribution >= 4 is 0 Å². The largest absolute Gasteiger partial charge is 0.297 e. The zero-order chi connectivity index (χ0) is 15.2. The molecule has 0 radical (unpaired) electrons. The Bertz CT molecular complexity index is 548. The fourth-order valence-electron chi connectivity index (χ4n) is 3.12. The molecule has 0 spiro atoms. The Hall–Kier alpha value is -1.85. The molecule has 1 saturated heterocycles. The Kier molecular flexibility index (Phi) is 5.36. The number of rotatable bonds is 6. The van der Waals surface area contributed by atoms with Crippen molar-refractivity contribution in [3.8, 4) is 12.1 Å². The fraction of sp³-hybridized carbons (Fsp3) is 0.688. The summed E-state index contributed by atoms with van der Waals surface area (Å²) in [5, 5.41) is 22.4. The van der Waals surface area contributed by atoms with E-state index in [-0.39, 0.29) is 5.92 Å². The highest BCUT2D eigenvalue weighted by Gasteiger charge is 2.27. The predicted octanol–water partition coefficient (Wildman–Crippen LogP) is 2.41. The summed E-state index contributed by atoms with van der Waals surface area (Å²) in [4.78, 5) is 2.40. The Labute approximate surface area is 126 Å². The average Bonchev–Trinajstić information content (AvgIpc) is 3.02. The van der Waals surface area contributed by atoms with Crippen molar-refractivity contribution in [3.63, 3.8) is 0 Å². The van der Waals surface area contributed by atoms with E-state index in [0.717, 1.165) is 31.7 Å². The van der Waals surface area contributed by atoms with Crippen molar-refractivity contribution in [1.82, 2.24) is 14.7 Å². The van der Waals surface area contributed by atoms with Crippen molar-refractivity contribution < 1.29 is 0 Å². The molecule has 5 heteroatoms. The van der Waals surface area contributed by atoms with Gasteiger partial charge in [-0.15, -0.1) is 0 Å². The van der Waals surface area contributed by atoms with Crippen molar-refractivity contribution in [1.29, 1.82) is 10.5 Å². The summed E-state index contributed by atoms with van der Waals surface area (Å²) in [5.74, 6) is -0.0364. The molecule has 2 heterocycles. The monoisotopic (exact) mass is 285 g/mol. The Morgan fingerprint density at radius 3 is 2.86 bits per heavy atom. The first kappa shape index (κ1) is 15.5. The first-order chi connectivity index (χ1) is 10.1. The van der Waals surface area contributed by atoms with Gasteiger partial charge in [0.25, 0.3) is 0 Å². The van der Waals surface area contributed by atoms with E-state index in [9.17, 15) is 5.26 Å². The molecule has 0 unspecified atom stereocenters. The predicted molar refractivity (Wildman–Crippen MR) is 80.2 cm³/mol. The van der Waals surface area contributed by atoms with Crippen molar-refractivity contribution in [3.05, 3.63) is 17.5 Å². The van der Waals surface area contributed by atoms with Gasteiger partial charge in [0.1, 0.15) is 0 Å². The summed E-state index contributed by atoms with van der Waals surface area (Å²) in [5.41, 5.74) is 2.25. The minimum atomic E-state index is -0.0364. The fourth-order valence-corrected chi connectivity index (χ4v) is 3.12. The van der Waals surface area contributed by atoms with Gasteiger partial charge in [0.05, 0.1) is 30.3 Å². The molecule has 112 valence electrons. The van der Waals surface area contributed by atoms with Crippen LogP contribution in [0.15, 0.2) is 6.07 Å². The summed E-state index contributed by atoms with van der Waals surface area (Å²) in [6, 6.07) is 7.04. The van der Waals surface area contributed by atoms with Crippen LogP contribution < -0.4 is 0 Å². The summed E-state index contributed by atoms with van der Waals surface area (Å²) in [6.07, 6.45) is 3.49. The van der Waals surface area contributed by atoms with E-state index in [2.05, 4.69) is 39.8 Å². The van der Waals surface area contributed by atoms with Gasteiger partial charge in [0, 0.05) is 24.7 Å². The lowest BCUT2D eigenvalue weighted by atomic mass is 10.0. The third kappa shape index (κ3) is 4.06. The van der Waals surface area contributed by atoms with E-state index >= 15 is 0 Å². The highest BCUT2D eigenvalue weighted by Crippen LogP contribution is 2.22. The number of nitrogens with zero attached hydrogens (tertiary/aromatic N) is 5. The summed E-state index contributed by atoms with van der Waals surface area (Å²) >= 11 is 0. The number of hydrogen-bond acceptors (Lipinski definition) is 4. The van der Waals surface area contributed by atoms with Crippen molar-refractivity contribution in [2.75, 3.05) is 13.1 Å². The van der Waals surface area contributed by atoms with Gasteiger partial charge in [0.15, 0.2) is 0 Å². The summed E-state index contributed by atoms with van der Waals surface area (Å²) in [6.45, 7) is 6.83. The summed E-state index contributed by atoms with van der Waals surface area (Å²) < 4.78 is 2.08. The van der Waals surface area contributed by atoms with Crippen LogP contribution in [-0.2, 0) is 6.54 Å². The Balaban J connectivity index is 1.95. The Morgan fingerprint density at radius 2 is 2.24 bits per heavy atom. The normalized spacial score (nSPS) is 20.1. The molecule has 1 fully saturated rings. The van der Waals surface area contributed by atoms with Gasteiger partial charge in [-0.05, 0) is 45.7 Å². The van der Waals surface area contributed by atoms with Gasteiger partial charge in [0.2, 0.25) is 0 Å². The molecule has 0 saturated carbocycles. The van der Waals surface area contributed by atoms with E-state index in [4.69, 9.17) is 5.26 Å². The van der Waals surface area contributed by atoms with Crippen molar-refractivity contribution in [2.24, 2.45) is 5.92 Å². The lowest BCUT2D eigenvalue weighted by Crippen LogP contribution is -2.36. The van der Waals surface area contributed by atoms with E-state index in [1.165, 1.54) is 12.1 Å². The number of likely N-dealkylation sites (tertiary alicyclic amines) is 1. The van der Waals surface area contributed by atoms with Crippen LogP contribution in [0.4, 0.5) is 0 Å². The SMILES string of the molecule is Cc1cc(C)n(C[C@@H]2CCCN2C[C@H](C#N)CCC#N)n1. The van der Waals surface area contributed by atoms with Crippen molar-refractivity contribution in [2.45, 2.75) is 52.1 Å². The smallest absolute Gasteiger partial charge is 0.0669 e. The molecule has 1 aliphatic heterocycles. The maximum absolute atomic E-state index is 9.23. The third-order valence-corrected chi connectivity index (χ3v) is 4.23. The number of hydrogen-bond donors (Lipinski definition) is 0. The lowest BCUT2D eigenvalue weighted by Gasteiger charge is -2.26. The minimum Gasteiger partial charge on any atom is -0.297 e. The molecule has 2 atom stereocenters. The topological polar surface area (TPSA) is 68.6 Å². The van der Waals surface area contributed by atoms with Gasteiger partial charge in [-0.2, -0.15) is 15.6 Å². The molecule has 1 aliphatic rings. The molecule has 5 nitrogen and oxygen atoms in total. The number of aryl methyl sites for hydroxylation is 2. The van der Waals surface area contributed by atoms with Gasteiger partial charge >= 0.3 is 0 Å². The van der Waals surface area contributed by atoms with Gasteiger partial charge < -0.3 is 0 Å². The van der Waals surface area contributed by atoms with Gasteiger partial charge in [-0.25, -0.2) is 0 Å². The third-order valence-electron chi connectivity index (χ3n) is 4.23. The maximum atomic E-state index is 9.23. The lowest BCUT2D eigenvalue weighted by molar-refractivity contribution is 0.205. The first-order valence-corrected chi connectivity index (χ1v) is 7.65. The zero-order valence-corrected chi connectivity index (χ0v) is 12.9. The Morgan fingerprint density at radius 1 is 1.43 bits per heavy atom. The molecule has 21 heavy (non-hydrogen) atoms. The van der Waals surface area contributed by atoms with Crippen LogP contribution in [0.5, 0.6) is 0 Å². The molecule has 0 bridgehead atoms. The van der Waals surface area contributed by atoms with Gasteiger partial charge in [-0.3, -0.25) is 9.58 Å². The molecular formula is C16H23N5. The van der Waals surface area contributed by atoms with Crippen LogP contribution in [0.2, 0.25) is 0 Å². The molecule has 0 aliphatic carbocycles. The second-order valence-electron chi connectivity index (χ2n) is 5.92. The molecular weight excluding hydrogens is 262 g/mol. The molecule has 2 rings (SSSR count). The first-order valence-electron chi connectivity index (χ1n) is 7.65. The van der Waals surface area contributed by atoms with Crippen LogP contribution in [0.3, 0.4) is 0 Å². The quantitative estimate of drug-likeness (QED) is 0.805. The van der Waals surface area contributed by atoms with Gasteiger partial charge in [-0.1, -0.05) is 0 Å². The molecule has 1 aromatic rings. The molecule has 1 aromatic heterocycles. The second-order valence-corrected chi connectivity index (χ2v) is 5.92. The van der Waals surface area contributed by atoms with Crippen LogP contribution in [0, 0.1) is 42.4 Å². The zero-order valence-electron chi connectivity index (χ0n) is 12.9. The minimum absolute atomic E-state index is 0.0364. The number of nitriles is 2. The van der Waals surface area contributed by atoms with E-state index in [0.29, 0.717) is 18.9 Å². The highest BCUT2D eigenvalue weighted by atomic mass is 15.3. The standard InChI is InChI=1S/C16H23N5/c1-13-9-14(2)21(19-13)12-16-6-4-8-20(16)11-15(10-18)5-3-7-17/h9,15-16H,3-6,8,11-12H2,1-2H3/t15-,16-/m0/s1. The molecule has 0 aromatic carbocycles. The van der Waals surface area contributed by atoms with Crippen LogP contribution in [-0.4, -0.2) is 33.8 Å². The summed E-state index contributed by atoms with van der Waals surface area (Å²) in [7, 11) is 0. The molecule has 0 N–H and O–H groups in total. The maximum Gasteiger partial charge on any atom is 0.0669 e. The number of aromatic nitrogens is 2. The van der Waals surface area contributed by atoms with E-state index in [1.807, 2.05) is 6.92 Å². The average molecular weight is 285 g/mol. The van der Waals surface area contributed by atoms with E-state index < -0.39 is 0 Å². The highest BCUT2D eigenvalue weighted by molar-refractivity contribution is 5.07. The second kappa shape index (κ2) is 7.24. The van der Waals surface area contributed by atoms with Crippen LogP contribution >= 0.6 is 0 Å². The van der Waals surface area contributed by atoms with Crippen LogP contribution in [0.25, 0.3) is 0 Å². The van der Waals surface area contributed by atoms with Crippen LogP contribution in [0.1, 0.15) is 37.1 Å². The molecule has 0 amide bonds.